The Morgan fingerprint density at radius 2 is 2.43 bits per heavy atom. The van der Waals surface area contributed by atoms with Crippen LogP contribution in [0.4, 0.5) is 0 Å². The van der Waals surface area contributed by atoms with Crippen molar-refractivity contribution in [2.45, 2.75) is 17.2 Å². The molecule has 0 aliphatic carbocycles. The first-order valence-corrected chi connectivity index (χ1v) is 6.51. The number of fused-ring (bicyclic) bond motifs is 1. The summed E-state index contributed by atoms with van der Waals surface area (Å²) in [6.45, 7) is 2.10. The van der Waals surface area contributed by atoms with E-state index < -0.39 is 0 Å². The lowest BCUT2D eigenvalue weighted by Gasteiger charge is -2.06. The monoisotopic (exact) mass is 244 g/mol. The van der Waals surface area contributed by atoms with E-state index in [0.717, 1.165) is 15.2 Å². The largest absolute Gasteiger partial charge is 0.229 e. The Kier molecular flexibility index (Phi) is 3.26. The molecule has 2 aromatic rings. The fourth-order valence-corrected chi connectivity index (χ4v) is 2.91. The Morgan fingerprint density at radius 3 is 3.21 bits per heavy atom. The fourth-order valence-electron chi connectivity index (χ4n) is 1.08. The number of rotatable bonds is 3. The maximum atomic E-state index is 5.77. The zero-order valence-corrected chi connectivity index (χ0v) is 9.99. The Hall–Kier alpha value is -0.320. The van der Waals surface area contributed by atoms with Crippen molar-refractivity contribution in [1.29, 1.82) is 0 Å². The summed E-state index contributed by atoms with van der Waals surface area (Å²) >= 11 is 9.11. The molecule has 5 heteroatoms. The van der Waals surface area contributed by atoms with Gasteiger partial charge in [0.2, 0.25) is 0 Å². The van der Waals surface area contributed by atoms with Crippen molar-refractivity contribution >= 4 is 44.9 Å². The summed E-state index contributed by atoms with van der Waals surface area (Å²) in [5, 5.41) is 4.59. The first-order chi connectivity index (χ1) is 6.81. The third kappa shape index (κ3) is 2.02. The molecule has 0 radical (unpaired) electrons. The molecule has 0 aliphatic rings. The number of hydrogen-bond acceptors (Lipinski definition) is 4. The molecule has 0 aromatic carbocycles. The molecule has 2 heterocycles. The predicted molar refractivity (Wildman–Crippen MR) is 63.5 cm³/mol. The average Bonchev–Trinajstić information content (AvgIpc) is 2.66. The summed E-state index contributed by atoms with van der Waals surface area (Å²) in [5.74, 6) is 0.639. The molecule has 0 fully saturated rings. The van der Waals surface area contributed by atoms with Crippen LogP contribution >= 0.6 is 34.7 Å². The Labute approximate surface area is 95.7 Å². The zero-order chi connectivity index (χ0) is 9.97. The fraction of sp³-hybridized carbons (Fsp3) is 0.333. The molecule has 0 saturated carbocycles. The second kappa shape index (κ2) is 4.47. The van der Waals surface area contributed by atoms with Crippen LogP contribution in [0, 0.1) is 0 Å². The number of alkyl halides is 1. The molecule has 0 aliphatic heterocycles. The Morgan fingerprint density at radius 1 is 1.57 bits per heavy atom. The molecule has 2 nitrogen and oxygen atoms in total. The second-order valence-electron chi connectivity index (χ2n) is 2.90. The minimum absolute atomic E-state index is 0.384. The number of thioether (sulfide) groups is 1. The molecule has 1 unspecified atom stereocenters. The molecule has 0 saturated heterocycles. The van der Waals surface area contributed by atoms with Gasteiger partial charge >= 0.3 is 0 Å². The highest BCUT2D eigenvalue weighted by molar-refractivity contribution is 8.00. The zero-order valence-electron chi connectivity index (χ0n) is 7.61. The first kappa shape index (κ1) is 10.2. The topological polar surface area (TPSA) is 25.8 Å². The second-order valence-corrected chi connectivity index (χ2v) is 5.53. The van der Waals surface area contributed by atoms with Gasteiger partial charge < -0.3 is 0 Å². The van der Waals surface area contributed by atoms with E-state index in [1.807, 2.05) is 5.38 Å². The summed E-state index contributed by atoms with van der Waals surface area (Å²) in [5.41, 5.74) is 0. The maximum Gasteiger partial charge on any atom is 0.127 e. The Bertz CT molecular complexity index is 429. The molecule has 2 aromatic heterocycles. The van der Waals surface area contributed by atoms with Gasteiger partial charge in [0.05, 0.1) is 0 Å². The van der Waals surface area contributed by atoms with Crippen LogP contribution in [-0.2, 0) is 0 Å². The van der Waals surface area contributed by atoms with Crippen molar-refractivity contribution in [3.05, 3.63) is 17.8 Å². The van der Waals surface area contributed by atoms with Crippen molar-refractivity contribution in [3.63, 3.8) is 0 Å². The molecule has 14 heavy (non-hydrogen) atoms. The number of nitrogens with zero attached hydrogens (tertiary/aromatic N) is 2. The van der Waals surface area contributed by atoms with Crippen LogP contribution in [0.15, 0.2) is 22.8 Å². The van der Waals surface area contributed by atoms with Gasteiger partial charge in [0.15, 0.2) is 0 Å². The van der Waals surface area contributed by atoms with Crippen molar-refractivity contribution in [2.24, 2.45) is 0 Å². The van der Waals surface area contributed by atoms with Crippen LogP contribution < -0.4 is 0 Å². The number of thiophene rings is 1. The molecule has 0 bridgehead atoms. The predicted octanol–water partition coefficient (Wildman–Crippen LogP) is 3.41. The van der Waals surface area contributed by atoms with E-state index in [-0.39, 0.29) is 0 Å². The average molecular weight is 245 g/mol. The molecule has 0 N–H and O–H groups in total. The molecular formula is C9H9ClN2S2. The third-order valence-electron chi connectivity index (χ3n) is 1.76. The number of hydrogen-bond donors (Lipinski definition) is 0. The summed E-state index contributed by atoms with van der Waals surface area (Å²) in [4.78, 5) is 9.51. The van der Waals surface area contributed by atoms with Gasteiger partial charge in [0.25, 0.3) is 0 Å². The highest BCUT2D eigenvalue weighted by Crippen LogP contribution is 2.30. The van der Waals surface area contributed by atoms with E-state index in [1.54, 1.807) is 29.4 Å². The van der Waals surface area contributed by atoms with Gasteiger partial charge in [-0.05, 0) is 11.4 Å². The normalized spacial score (nSPS) is 13.3. The minimum atomic E-state index is 0.384. The van der Waals surface area contributed by atoms with E-state index in [4.69, 9.17) is 11.6 Å². The van der Waals surface area contributed by atoms with Crippen LogP contribution in [-0.4, -0.2) is 21.1 Å². The van der Waals surface area contributed by atoms with E-state index in [2.05, 4.69) is 23.0 Å². The van der Waals surface area contributed by atoms with Gasteiger partial charge in [-0.1, -0.05) is 6.92 Å². The van der Waals surface area contributed by atoms with Gasteiger partial charge in [-0.2, -0.15) is 0 Å². The number of aromatic nitrogens is 2. The Balaban J connectivity index is 2.36. The smallest absolute Gasteiger partial charge is 0.127 e. The summed E-state index contributed by atoms with van der Waals surface area (Å²) in [6, 6.07) is 2.06. The highest BCUT2D eigenvalue weighted by atomic mass is 35.5. The molecular weight excluding hydrogens is 236 g/mol. The van der Waals surface area contributed by atoms with Gasteiger partial charge in [0, 0.05) is 16.5 Å². The lowest BCUT2D eigenvalue weighted by Crippen LogP contribution is -1.97. The number of halogens is 1. The SMILES string of the molecule is CC(CCl)Sc1ncnc2sccc12. The lowest BCUT2D eigenvalue weighted by molar-refractivity contribution is 1.07. The van der Waals surface area contributed by atoms with E-state index in [1.165, 1.54) is 0 Å². The maximum absolute atomic E-state index is 5.77. The van der Waals surface area contributed by atoms with Crippen molar-refractivity contribution in [2.75, 3.05) is 5.88 Å². The molecule has 0 amide bonds. The quantitative estimate of drug-likeness (QED) is 0.470. The van der Waals surface area contributed by atoms with E-state index >= 15 is 0 Å². The molecule has 74 valence electrons. The summed E-state index contributed by atoms with van der Waals surface area (Å²) in [6.07, 6.45) is 1.61. The molecule has 2 rings (SSSR count). The highest BCUT2D eigenvalue weighted by Gasteiger charge is 2.08. The van der Waals surface area contributed by atoms with Crippen molar-refractivity contribution < 1.29 is 0 Å². The van der Waals surface area contributed by atoms with Gasteiger partial charge in [0.1, 0.15) is 16.2 Å². The third-order valence-corrected chi connectivity index (χ3v) is 4.34. The van der Waals surface area contributed by atoms with Gasteiger partial charge in [-0.3, -0.25) is 0 Å². The van der Waals surface area contributed by atoms with Crippen LogP contribution in [0.2, 0.25) is 0 Å². The van der Waals surface area contributed by atoms with E-state index in [9.17, 15) is 0 Å². The summed E-state index contributed by atoms with van der Waals surface area (Å²) in [7, 11) is 0. The van der Waals surface area contributed by atoms with Crippen molar-refractivity contribution in [1.82, 2.24) is 9.97 Å². The lowest BCUT2D eigenvalue weighted by atomic mass is 10.4. The van der Waals surface area contributed by atoms with Crippen LogP contribution in [0.25, 0.3) is 10.2 Å². The standard InChI is InChI=1S/C9H9ClN2S2/c1-6(4-10)14-9-7-2-3-13-8(7)11-5-12-9/h2-3,5-6H,4H2,1H3. The van der Waals surface area contributed by atoms with E-state index in [0.29, 0.717) is 11.1 Å². The molecule has 0 spiro atoms. The van der Waals surface area contributed by atoms with Gasteiger partial charge in [-0.25, -0.2) is 9.97 Å². The van der Waals surface area contributed by atoms with Crippen LogP contribution in [0.3, 0.4) is 0 Å². The van der Waals surface area contributed by atoms with Crippen molar-refractivity contribution in [3.8, 4) is 0 Å². The van der Waals surface area contributed by atoms with Crippen LogP contribution in [0.1, 0.15) is 6.92 Å². The van der Waals surface area contributed by atoms with Crippen LogP contribution in [0.5, 0.6) is 0 Å². The summed E-state index contributed by atoms with van der Waals surface area (Å²) < 4.78 is 0. The van der Waals surface area contributed by atoms with Gasteiger partial charge in [-0.15, -0.1) is 34.7 Å². The first-order valence-electron chi connectivity index (χ1n) is 4.22. The molecule has 1 atom stereocenters. The minimum Gasteiger partial charge on any atom is -0.229 e.